The largest absolute Gasteiger partial charge is 0.388 e. The summed E-state index contributed by atoms with van der Waals surface area (Å²) in [6.07, 6.45) is 4.83. The normalized spacial score (nSPS) is 37.3. The number of likely N-dealkylation sites (N-methyl/N-ethyl adjacent to an activating group) is 1. The van der Waals surface area contributed by atoms with Crippen molar-refractivity contribution in [3.05, 3.63) is 0 Å². The molecule has 0 bridgehead atoms. The van der Waals surface area contributed by atoms with Crippen LogP contribution in [0, 0.1) is 5.92 Å². The summed E-state index contributed by atoms with van der Waals surface area (Å²) < 4.78 is 0. The third-order valence-electron chi connectivity index (χ3n) is 4.30. The number of hydrogen-bond acceptors (Lipinski definition) is 3. The Morgan fingerprint density at radius 3 is 2.94 bits per heavy atom. The lowest BCUT2D eigenvalue weighted by atomic mass is 9.78. The zero-order valence-electron chi connectivity index (χ0n) is 11.6. The molecule has 2 rings (SSSR count). The van der Waals surface area contributed by atoms with Gasteiger partial charge in [-0.3, -0.25) is 4.79 Å². The average molecular weight is 254 g/mol. The van der Waals surface area contributed by atoms with Crippen molar-refractivity contribution in [2.75, 3.05) is 19.6 Å². The highest BCUT2D eigenvalue weighted by molar-refractivity contribution is 5.84. The molecule has 3 unspecified atom stereocenters. The van der Waals surface area contributed by atoms with Crippen LogP contribution >= 0.6 is 0 Å². The molecule has 3 atom stereocenters. The van der Waals surface area contributed by atoms with Crippen molar-refractivity contribution in [3.8, 4) is 0 Å². The van der Waals surface area contributed by atoms with Crippen molar-refractivity contribution >= 4 is 5.91 Å². The number of hydrogen-bond donors (Lipinski definition) is 2. The molecule has 2 N–H and O–H groups in total. The first-order valence-electron chi connectivity index (χ1n) is 7.28. The molecule has 4 heteroatoms. The van der Waals surface area contributed by atoms with Gasteiger partial charge in [-0.2, -0.15) is 0 Å². The van der Waals surface area contributed by atoms with Crippen LogP contribution in [0.4, 0.5) is 0 Å². The van der Waals surface area contributed by atoms with E-state index in [9.17, 15) is 9.90 Å². The minimum Gasteiger partial charge on any atom is -0.388 e. The first-order valence-corrected chi connectivity index (χ1v) is 7.28. The van der Waals surface area contributed by atoms with Crippen LogP contribution in [0.3, 0.4) is 0 Å². The number of nitrogens with zero attached hydrogens (tertiary/aromatic N) is 1. The molecule has 1 aliphatic heterocycles. The molecule has 2 aliphatic rings. The van der Waals surface area contributed by atoms with E-state index in [1.54, 1.807) is 0 Å². The summed E-state index contributed by atoms with van der Waals surface area (Å²) in [6.45, 7) is 6.35. The Morgan fingerprint density at radius 2 is 2.28 bits per heavy atom. The van der Waals surface area contributed by atoms with Crippen molar-refractivity contribution in [2.45, 2.75) is 57.6 Å². The highest BCUT2D eigenvalue weighted by atomic mass is 16.3. The standard InChI is InChI=1S/C14H26N2O2/c1-3-15-12-6-8-16(13(12)17)10-14(18)7-4-5-11(2)9-14/h11-12,15,18H,3-10H2,1-2H3. The summed E-state index contributed by atoms with van der Waals surface area (Å²) in [6, 6.07) is -0.0281. The van der Waals surface area contributed by atoms with E-state index >= 15 is 0 Å². The quantitative estimate of drug-likeness (QED) is 0.791. The van der Waals surface area contributed by atoms with Crippen LogP contribution < -0.4 is 5.32 Å². The van der Waals surface area contributed by atoms with Gasteiger partial charge in [0.25, 0.3) is 0 Å². The maximum Gasteiger partial charge on any atom is 0.239 e. The summed E-state index contributed by atoms with van der Waals surface area (Å²) in [7, 11) is 0. The minimum atomic E-state index is -0.644. The van der Waals surface area contributed by atoms with Crippen LogP contribution in [-0.4, -0.2) is 47.2 Å². The number of aliphatic hydroxyl groups is 1. The first-order chi connectivity index (χ1) is 8.54. The molecule has 18 heavy (non-hydrogen) atoms. The predicted molar refractivity (Wildman–Crippen MR) is 71.2 cm³/mol. The van der Waals surface area contributed by atoms with Gasteiger partial charge in [-0.15, -0.1) is 0 Å². The highest BCUT2D eigenvalue weighted by Crippen LogP contribution is 2.33. The molecule has 1 amide bonds. The molecular weight excluding hydrogens is 228 g/mol. The van der Waals surface area contributed by atoms with E-state index in [-0.39, 0.29) is 11.9 Å². The maximum absolute atomic E-state index is 12.1. The Balaban J connectivity index is 1.91. The minimum absolute atomic E-state index is 0.0281. The smallest absolute Gasteiger partial charge is 0.239 e. The lowest BCUT2D eigenvalue weighted by Crippen LogP contribution is -2.48. The predicted octanol–water partition coefficient (Wildman–Crippen LogP) is 1.14. The molecule has 0 aromatic rings. The summed E-state index contributed by atoms with van der Waals surface area (Å²) in [5.74, 6) is 0.745. The Kier molecular flexibility index (Phi) is 4.28. The van der Waals surface area contributed by atoms with Crippen LogP contribution in [0.15, 0.2) is 0 Å². The van der Waals surface area contributed by atoms with Crippen molar-refractivity contribution in [2.24, 2.45) is 5.92 Å². The Morgan fingerprint density at radius 1 is 1.50 bits per heavy atom. The second-order valence-corrected chi connectivity index (χ2v) is 6.08. The van der Waals surface area contributed by atoms with E-state index in [0.717, 1.165) is 38.8 Å². The molecule has 1 aliphatic carbocycles. The van der Waals surface area contributed by atoms with Crippen LogP contribution in [0.5, 0.6) is 0 Å². The summed E-state index contributed by atoms with van der Waals surface area (Å²) in [5.41, 5.74) is -0.644. The molecule has 0 aromatic carbocycles. The molecule has 1 saturated heterocycles. The maximum atomic E-state index is 12.1. The van der Waals surface area contributed by atoms with Crippen LogP contribution in [0.1, 0.15) is 46.0 Å². The van der Waals surface area contributed by atoms with Gasteiger partial charge in [-0.05, 0) is 31.7 Å². The molecule has 1 heterocycles. The molecule has 104 valence electrons. The fourth-order valence-corrected chi connectivity index (χ4v) is 3.46. The van der Waals surface area contributed by atoms with Gasteiger partial charge in [-0.1, -0.05) is 26.7 Å². The summed E-state index contributed by atoms with van der Waals surface area (Å²) >= 11 is 0. The van der Waals surface area contributed by atoms with E-state index in [1.165, 1.54) is 6.42 Å². The highest BCUT2D eigenvalue weighted by Gasteiger charge is 2.39. The zero-order valence-corrected chi connectivity index (χ0v) is 11.6. The molecule has 4 nitrogen and oxygen atoms in total. The average Bonchev–Trinajstić information content (AvgIpc) is 2.61. The third-order valence-corrected chi connectivity index (χ3v) is 4.30. The van der Waals surface area contributed by atoms with Crippen molar-refractivity contribution in [1.82, 2.24) is 10.2 Å². The fraction of sp³-hybridized carbons (Fsp3) is 0.929. The van der Waals surface area contributed by atoms with Gasteiger partial charge in [0.1, 0.15) is 0 Å². The Bertz CT molecular complexity index is 308. The van der Waals surface area contributed by atoms with Crippen molar-refractivity contribution in [1.29, 1.82) is 0 Å². The van der Waals surface area contributed by atoms with Gasteiger partial charge >= 0.3 is 0 Å². The van der Waals surface area contributed by atoms with Gasteiger partial charge in [0.15, 0.2) is 0 Å². The lowest BCUT2D eigenvalue weighted by Gasteiger charge is -2.38. The number of amides is 1. The molecule has 0 aromatic heterocycles. The number of β-amino-alcohol motifs (C(OH)–C–C–N with tert-alkyl or cyclic N) is 1. The van der Waals surface area contributed by atoms with Crippen molar-refractivity contribution < 1.29 is 9.90 Å². The molecular formula is C14H26N2O2. The number of nitrogens with one attached hydrogen (secondary N) is 1. The van der Waals surface area contributed by atoms with Gasteiger partial charge in [0.05, 0.1) is 11.6 Å². The molecule has 2 fully saturated rings. The van der Waals surface area contributed by atoms with Gasteiger partial charge < -0.3 is 15.3 Å². The van der Waals surface area contributed by atoms with Crippen LogP contribution in [-0.2, 0) is 4.79 Å². The van der Waals surface area contributed by atoms with Crippen LogP contribution in [0.25, 0.3) is 0 Å². The third kappa shape index (κ3) is 3.04. The van der Waals surface area contributed by atoms with Crippen molar-refractivity contribution in [3.63, 3.8) is 0 Å². The van der Waals surface area contributed by atoms with Gasteiger partial charge in [0.2, 0.25) is 5.91 Å². The summed E-state index contributed by atoms with van der Waals surface area (Å²) in [4.78, 5) is 14.0. The molecule has 1 saturated carbocycles. The van der Waals surface area contributed by atoms with E-state index in [1.807, 2.05) is 11.8 Å². The number of rotatable bonds is 4. The lowest BCUT2D eigenvalue weighted by molar-refractivity contribution is -0.134. The molecule has 0 radical (unpaired) electrons. The zero-order chi connectivity index (χ0) is 13.2. The number of likely N-dealkylation sites (tertiary alicyclic amines) is 1. The number of carbonyl (C=O) groups is 1. The van der Waals surface area contributed by atoms with E-state index < -0.39 is 5.60 Å². The Labute approximate surface area is 110 Å². The second kappa shape index (κ2) is 5.57. The van der Waals surface area contributed by atoms with E-state index in [4.69, 9.17) is 0 Å². The van der Waals surface area contributed by atoms with E-state index in [0.29, 0.717) is 12.5 Å². The SMILES string of the molecule is CCNC1CCN(CC2(O)CCCC(C)C2)C1=O. The molecule has 0 spiro atoms. The second-order valence-electron chi connectivity index (χ2n) is 6.08. The number of carbonyl (C=O) groups excluding carboxylic acids is 1. The van der Waals surface area contributed by atoms with Gasteiger partial charge in [-0.25, -0.2) is 0 Å². The van der Waals surface area contributed by atoms with Crippen LogP contribution in [0.2, 0.25) is 0 Å². The monoisotopic (exact) mass is 254 g/mol. The topological polar surface area (TPSA) is 52.6 Å². The first kappa shape index (κ1) is 13.8. The van der Waals surface area contributed by atoms with Gasteiger partial charge in [0, 0.05) is 13.1 Å². The summed E-state index contributed by atoms with van der Waals surface area (Å²) in [5, 5.41) is 13.8. The van der Waals surface area contributed by atoms with E-state index in [2.05, 4.69) is 12.2 Å². The Hall–Kier alpha value is -0.610. The fourth-order valence-electron chi connectivity index (χ4n) is 3.46.